The van der Waals surface area contributed by atoms with Gasteiger partial charge in [-0.15, -0.1) is 0 Å². The number of likely N-dealkylation sites (tertiary alicyclic amines) is 1. The number of methoxy groups -OCH3 is 1. The number of benzene rings is 1. The molecule has 1 atom stereocenters. The molecule has 5 nitrogen and oxygen atoms in total. The third kappa shape index (κ3) is 3.17. The normalized spacial score (nSPS) is 18.2. The fourth-order valence-electron chi connectivity index (χ4n) is 2.41. The Labute approximate surface area is 118 Å². The minimum absolute atomic E-state index is 0.124. The summed E-state index contributed by atoms with van der Waals surface area (Å²) in [6.45, 7) is 2.13. The standard InChI is InChI=1S/C15H20N2O3/c1-10-6-14(18)17(15(19)7-10)9-13(16)11-4-3-5-12(8-11)20-2/h3-5,8,10,13H,6-7,9,16H2,1-2H3. The lowest BCUT2D eigenvalue weighted by Gasteiger charge is -2.30. The van der Waals surface area contributed by atoms with Crippen LogP contribution in [0.5, 0.6) is 5.75 Å². The molecule has 0 aliphatic carbocycles. The quantitative estimate of drug-likeness (QED) is 0.845. The maximum Gasteiger partial charge on any atom is 0.229 e. The van der Waals surface area contributed by atoms with Gasteiger partial charge in [0.15, 0.2) is 0 Å². The first-order valence-corrected chi connectivity index (χ1v) is 6.74. The highest BCUT2D eigenvalue weighted by Gasteiger charge is 2.31. The van der Waals surface area contributed by atoms with Gasteiger partial charge in [0.05, 0.1) is 7.11 Å². The lowest BCUT2D eigenvalue weighted by atomic mass is 9.96. The van der Waals surface area contributed by atoms with Crippen molar-refractivity contribution in [1.82, 2.24) is 4.90 Å². The molecule has 1 aliphatic heterocycles. The Bertz CT molecular complexity index is 498. The molecular formula is C15H20N2O3. The van der Waals surface area contributed by atoms with E-state index in [0.717, 1.165) is 5.56 Å². The molecule has 1 fully saturated rings. The van der Waals surface area contributed by atoms with E-state index >= 15 is 0 Å². The molecule has 2 rings (SSSR count). The van der Waals surface area contributed by atoms with Crippen LogP contribution >= 0.6 is 0 Å². The van der Waals surface area contributed by atoms with Crippen LogP contribution < -0.4 is 10.5 Å². The number of nitrogens with zero attached hydrogens (tertiary/aromatic N) is 1. The monoisotopic (exact) mass is 276 g/mol. The third-order valence-corrected chi connectivity index (χ3v) is 3.55. The fourth-order valence-corrected chi connectivity index (χ4v) is 2.41. The van der Waals surface area contributed by atoms with Crippen molar-refractivity contribution in [2.45, 2.75) is 25.8 Å². The van der Waals surface area contributed by atoms with Crippen molar-refractivity contribution in [2.75, 3.05) is 13.7 Å². The van der Waals surface area contributed by atoms with E-state index in [1.807, 2.05) is 31.2 Å². The van der Waals surface area contributed by atoms with Gasteiger partial charge < -0.3 is 10.5 Å². The number of hydrogen-bond acceptors (Lipinski definition) is 4. The van der Waals surface area contributed by atoms with E-state index in [9.17, 15) is 9.59 Å². The van der Waals surface area contributed by atoms with Crippen molar-refractivity contribution >= 4 is 11.8 Å². The number of carbonyl (C=O) groups excluding carboxylic acids is 2. The zero-order chi connectivity index (χ0) is 14.7. The van der Waals surface area contributed by atoms with Gasteiger partial charge in [0, 0.05) is 25.4 Å². The van der Waals surface area contributed by atoms with Crippen LogP contribution in [0.25, 0.3) is 0 Å². The van der Waals surface area contributed by atoms with Crippen LogP contribution in [0.3, 0.4) is 0 Å². The first-order valence-electron chi connectivity index (χ1n) is 6.74. The first-order chi connectivity index (χ1) is 9.51. The van der Waals surface area contributed by atoms with Crippen molar-refractivity contribution in [3.05, 3.63) is 29.8 Å². The highest BCUT2D eigenvalue weighted by atomic mass is 16.5. The number of rotatable bonds is 4. The molecule has 0 bridgehead atoms. The number of nitrogens with two attached hydrogens (primary N) is 1. The molecule has 1 aliphatic rings. The van der Waals surface area contributed by atoms with Crippen molar-refractivity contribution in [2.24, 2.45) is 11.7 Å². The topological polar surface area (TPSA) is 72.6 Å². The summed E-state index contributed by atoms with van der Waals surface area (Å²) >= 11 is 0. The summed E-state index contributed by atoms with van der Waals surface area (Å²) in [5.41, 5.74) is 6.96. The Kier molecular flexibility index (Phi) is 4.39. The maximum absolute atomic E-state index is 11.9. The Balaban J connectivity index is 2.08. The summed E-state index contributed by atoms with van der Waals surface area (Å²) in [6, 6.07) is 6.97. The van der Waals surface area contributed by atoms with E-state index in [1.54, 1.807) is 7.11 Å². The summed E-state index contributed by atoms with van der Waals surface area (Å²) in [5.74, 6) is 0.571. The average molecular weight is 276 g/mol. The zero-order valence-electron chi connectivity index (χ0n) is 11.8. The molecule has 20 heavy (non-hydrogen) atoms. The molecule has 1 aromatic rings. The van der Waals surface area contributed by atoms with Gasteiger partial charge >= 0.3 is 0 Å². The van der Waals surface area contributed by atoms with Crippen molar-refractivity contribution < 1.29 is 14.3 Å². The van der Waals surface area contributed by atoms with Gasteiger partial charge in [-0.1, -0.05) is 19.1 Å². The maximum atomic E-state index is 11.9. The molecule has 0 spiro atoms. The molecule has 108 valence electrons. The van der Waals surface area contributed by atoms with Crippen LogP contribution in [0.4, 0.5) is 0 Å². The molecule has 0 saturated carbocycles. The van der Waals surface area contributed by atoms with Crippen LogP contribution in [0.15, 0.2) is 24.3 Å². The molecule has 2 N–H and O–H groups in total. The highest BCUT2D eigenvalue weighted by Crippen LogP contribution is 2.23. The Hall–Kier alpha value is -1.88. The summed E-state index contributed by atoms with van der Waals surface area (Å²) in [5, 5.41) is 0. The molecule has 0 aromatic heterocycles. The van der Waals surface area contributed by atoms with Gasteiger partial charge in [-0.05, 0) is 23.6 Å². The number of hydrogen-bond donors (Lipinski definition) is 1. The van der Waals surface area contributed by atoms with Crippen molar-refractivity contribution in [3.8, 4) is 5.75 Å². The molecule has 1 unspecified atom stereocenters. The summed E-state index contributed by atoms with van der Waals surface area (Å²) in [7, 11) is 1.59. The van der Waals surface area contributed by atoms with E-state index in [0.29, 0.717) is 18.6 Å². The number of imide groups is 1. The van der Waals surface area contributed by atoms with Crippen LogP contribution in [0.1, 0.15) is 31.4 Å². The fraction of sp³-hybridized carbons (Fsp3) is 0.467. The SMILES string of the molecule is COc1cccc(C(N)CN2C(=O)CC(C)CC2=O)c1. The number of amides is 2. The number of ether oxygens (including phenoxy) is 1. The predicted molar refractivity (Wildman–Crippen MR) is 75.0 cm³/mol. The summed E-state index contributed by atoms with van der Waals surface area (Å²) in [4.78, 5) is 25.1. The second kappa shape index (κ2) is 6.05. The molecule has 2 amide bonds. The zero-order valence-corrected chi connectivity index (χ0v) is 11.8. The highest BCUT2D eigenvalue weighted by molar-refractivity contribution is 5.97. The van der Waals surface area contributed by atoms with Crippen LogP contribution in [0, 0.1) is 5.92 Å². The largest absolute Gasteiger partial charge is 0.497 e. The third-order valence-electron chi connectivity index (χ3n) is 3.55. The predicted octanol–water partition coefficient (Wildman–Crippen LogP) is 1.48. The lowest BCUT2D eigenvalue weighted by Crippen LogP contribution is -2.45. The number of carbonyl (C=O) groups is 2. The second-order valence-electron chi connectivity index (χ2n) is 5.29. The molecule has 1 saturated heterocycles. The van der Waals surface area contributed by atoms with Crippen molar-refractivity contribution in [3.63, 3.8) is 0 Å². The van der Waals surface area contributed by atoms with Gasteiger partial charge in [0.1, 0.15) is 5.75 Å². The molecule has 5 heteroatoms. The molecule has 0 radical (unpaired) electrons. The Morgan fingerprint density at radius 3 is 2.60 bits per heavy atom. The first kappa shape index (κ1) is 14.5. The summed E-state index contributed by atoms with van der Waals surface area (Å²) < 4.78 is 5.15. The molecular weight excluding hydrogens is 256 g/mol. The summed E-state index contributed by atoms with van der Waals surface area (Å²) in [6.07, 6.45) is 0.827. The van der Waals surface area contributed by atoms with Crippen molar-refractivity contribution in [1.29, 1.82) is 0 Å². The Morgan fingerprint density at radius 1 is 1.35 bits per heavy atom. The lowest BCUT2D eigenvalue weighted by molar-refractivity contribution is -0.150. The van der Waals surface area contributed by atoms with E-state index in [4.69, 9.17) is 10.5 Å². The van der Waals surface area contributed by atoms with Gasteiger partial charge in [-0.2, -0.15) is 0 Å². The minimum Gasteiger partial charge on any atom is -0.497 e. The van der Waals surface area contributed by atoms with Crippen LogP contribution in [0.2, 0.25) is 0 Å². The van der Waals surface area contributed by atoms with Gasteiger partial charge in [0.2, 0.25) is 11.8 Å². The average Bonchev–Trinajstić information content (AvgIpc) is 2.42. The van der Waals surface area contributed by atoms with Crippen LogP contribution in [-0.2, 0) is 9.59 Å². The van der Waals surface area contributed by atoms with Gasteiger partial charge in [-0.25, -0.2) is 0 Å². The van der Waals surface area contributed by atoms with E-state index < -0.39 is 6.04 Å². The van der Waals surface area contributed by atoms with Gasteiger partial charge in [0.25, 0.3) is 0 Å². The minimum atomic E-state index is -0.397. The van der Waals surface area contributed by atoms with Crippen LogP contribution in [-0.4, -0.2) is 30.4 Å². The van der Waals surface area contributed by atoms with Gasteiger partial charge in [-0.3, -0.25) is 14.5 Å². The molecule has 1 aromatic carbocycles. The Morgan fingerprint density at radius 2 is 2.00 bits per heavy atom. The second-order valence-corrected chi connectivity index (χ2v) is 5.29. The van der Waals surface area contributed by atoms with E-state index in [1.165, 1.54) is 4.90 Å². The molecule has 1 heterocycles. The van der Waals surface area contributed by atoms with E-state index in [2.05, 4.69) is 0 Å². The number of piperidine rings is 1. The smallest absolute Gasteiger partial charge is 0.229 e. The van der Waals surface area contributed by atoms with E-state index in [-0.39, 0.29) is 24.3 Å².